The van der Waals surface area contributed by atoms with Crippen molar-refractivity contribution < 1.29 is 9.63 Å². The van der Waals surface area contributed by atoms with Crippen LogP contribution in [0.2, 0.25) is 0 Å². The van der Waals surface area contributed by atoms with Crippen molar-refractivity contribution >= 4 is 28.5 Å². The number of aromatic nitrogens is 2. The highest BCUT2D eigenvalue weighted by molar-refractivity contribution is 7.17. The zero-order valence-electron chi connectivity index (χ0n) is 6.14. The predicted octanol–water partition coefficient (Wildman–Crippen LogP) is -0.419. The first kappa shape index (κ1) is 8.60. The number of hydrogen-bond acceptors (Lipinski definition) is 7. The Morgan fingerprint density at radius 3 is 2.92 bits per heavy atom. The van der Waals surface area contributed by atoms with Crippen LogP contribution < -0.4 is 5.73 Å². The standard InChI is InChI=1S/C5H5N4O2S/c1-11-9-3(2-10)4-7-8-5(6)12-4/h1H3,(H2,6,8)/b9-3+. The summed E-state index contributed by atoms with van der Waals surface area (Å²) >= 11 is 1.04. The van der Waals surface area contributed by atoms with Crippen molar-refractivity contribution in [3.05, 3.63) is 5.01 Å². The Morgan fingerprint density at radius 2 is 2.50 bits per heavy atom. The summed E-state index contributed by atoms with van der Waals surface area (Å²) in [5.74, 6) is 0. The second kappa shape index (κ2) is 3.77. The molecule has 1 heterocycles. The van der Waals surface area contributed by atoms with Gasteiger partial charge in [-0.25, -0.2) is 0 Å². The van der Waals surface area contributed by atoms with Crippen molar-refractivity contribution in [2.45, 2.75) is 0 Å². The minimum atomic E-state index is -0.0355. The van der Waals surface area contributed by atoms with E-state index in [9.17, 15) is 4.79 Å². The molecule has 1 rings (SSSR count). The molecule has 63 valence electrons. The Bertz CT molecular complexity index is 308. The first-order chi connectivity index (χ1) is 5.77. The number of carbonyl (C=O) groups excluding carboxylic acids is 1. The van der Waals surface area contributed by atoms with Crippen LogP contribution in [0, 0.1) is 0 Å². The van der Waals surface area contributed by atoms with E-state index in [0.29, 0.717) is 5.01 Å². The fourth-order valence-electron chi connectivity index (χ4n) is 0.523. The lowest BCUT2D eigenvalue weighted by atomic mass is 10.4. The summed E-state index contributed by atoms with van der Waals surface area (Å²) in [4.78, 5) is 14.6. The molecule has 0 aliphatic carbocycles. The van der Waals surface area contributed by atoms with Crippen molar-refractivity contribution in [3.8, 4) is 0 Å². The van der Waals surface area contributed by atoms with Gasteiger partial charge < -0.3 is 10.6 Å². The summed E-state index contributed by atoms with van der Waals surface area (Å²) in [6.45, 7) is 0. The molecule has 0 aliphatic heterocycles. The maximum atomic E-state index is 10.3. The zero-order chi connectivity index (χ0) is 8.97. The zero-order valence-corrected chi connectivity index (χ0v) is 6.96. The number of hydrogen-bond donors (Lipinski definition) is 1. The van der Waals surface area contributed by atoms with Crippen molar-refractivity contribution in [1.82, 2.24) is 10.2 Å². The summed E-state index contributed by atoms with van der Waals surface area (Å²) in [5.41, 5.74) is 5.25. The van der Waals surface area contributed by atoms with E-state index in [1.807, 2.05) is 0 Å². The molecule has 0 spiro atoms. The lowest BCUT2D eigenvalue weighted by Crippen LogP contribution is -2.01. The van der Waals surface area contributed by atoms with E-state index in [-0.39, 0.29) is 10.8 Å². The number of nitrogens with zero attached hydrogens (tertiary/aromatic N) is 3. The average molecular weight is 185 g/mol. The summed E-state index contributed by atoms with van der Waals surface area (Å²) < 4.78 is 0. The Morgan fingerprint density at radius 1 is 1.75 bits per heavy atom. The minimum absolute atomic E-state index is 0.0355. The topological polar surface area (TPSA) is 90.5 Å². The third-order valence-electron chi connectivity index (χ3n) is 0.922. The first-order valence-electron chi connectivity index (χ1n) is 2.86. The van der Waals surface area contributed by atoms with Gasteiger partial charge in [-0.1, -0.05) is 16.5 Å². The number of anilines is 1. The van der Waals surface area contributed by atoms with E-state index >= 15 is 0 Å². The van der Waals surface area contributed by atoms with Crippen LogP contribution in [0.1, 0.15) is 5.01 Å². The number of nitrogen functional groups attached to an aromatic ring is 1. The molecule has 7 heteroatoms. The molecule has 6 nitrogen and oxygen atoms in total. The summed E-state index contributed by atoms with van der Waals surface area (Å²) in [7, 11) is 1.32. The van der Waals surface area contributed by atoms with Crippen molar-refractivity contribution in [2.75, 3.05) is 12.8 Å². The molecule has 0 bridgehead atoms. The third kappa shape index (κ3) is 1.76. The minimum Gasteiger partial charge on any atom is -0.398 e. The maximum absolute atomic E-state index is 10.3. The van der Waals surface area contributed by atoms with Crippen LogP contribution in [0.15, 0.2) is 5.16 Å². The van der Waals surface area contributed by atoms with Crippen LogP contribution in [0.4, 0.5) is 5.13 Å². The highest BCUT2D eigenvalue weighted by atomic mass is 32.1. The van der Waals surface area contributed by atoms with Gasteiger partial charge in [0.15, 0.2) is 10.7 Å². The molecule has 0 saturated carbocycles. The molecular formula is C5H5N4O2S. The molecular weight excluding hydrogens is 180 g/mol. The van der Waals surface area contributed by atoms with E-state index in [2.05, 4.69) is 20.2 Å². The Kier molecular flexibility index (Phi) is 2.70. The van der Waals surface area contributed by atoms with Crippen molar-refractivity contribution in [1.29, 1.82) is 0 Å². The molecule has 0 atom stereocenters. The fraction of sp³-hybridized carbons (Fsp3) is 0.200. The lowest BCUT2D eigenvalue weighted by Gasteiger charge is -1.87. The largest absolute Gasteiger partial charge is 0.398 e. The Labute approximate surface area is 72.0 Å². The van der Waals surface area contributed by atoms with Gasteiger partial charge in [0.2, 0.25) is 5.13 Å². The smallest absolute Gasteiger partial charge is 0.260 e. The molecule has 0 unspecified atom stereocenters. The Hall–Kier alpha value is -1.50. The number of nitrogens with two attached hydrogens (primary N) is 1. The van der Waals surface area contributed by atoms with Crippen molar-refractivity contribution in [2.24, 2.45) is 5.16 Å². The SMILES string of the molecule is CO/N=C(\[C]=O)c1nnc(N)s1. The van der Waals surface area contributed by atoms with Crippen LogP contribution >= 0.6 is 11.3 Å². The molecule has 1 radical (unpaired) electrons. The molecule has 12 heavy (non-hydrogen) atoms. The van der Waals surface area contributed by atoms with E-state index in [0.717, 1.165) is 11.3 Å². The highest BCUT2D eigenvalue weighted by Crippen LogP contribution is 2.11. The van der Waals surface area contributed by atoms with Gasteiger partial charge in [0.25, 0.3) is 6.29 Å². The van der Waals surface area contributed by atoms with Gasteiger partial charge >= 0.3 is 0 Å². The molecule has 0 amide bonds. The second-order valence-electron chi connectivity index (χ2n) is 1.67. The summed E-state index contributed by atoms with van der Waals surface area (Å²) in [6, 6.07) is 0. The first-order valence-corrected chi connectivity index (χ1v) is 3.68. The van der Waals surface area contributed by atoms with Gasteiger partial charge in [-0.3, -0.25) is 4.79 Å². The van der Waals surface area contributed by atoms with Gasteiger partial charge in [-0.05, 0) is 0 Å². The second-order valence-corrected chi connectivity index (χ2v) is 2.68. The van der Waals surface area contributed by atoms with Gasteiger partial charge in [-0.15, -0.1) is 10.2 Å². The van der Waals surface area contributed by atoms with Crippen LogP contribution in [-0.4, -0.2) is 29.3 Å². The Balaban J connectivity index is 2.94. The monoisotopic (exact) mass is 185 g/mol. The average Bonchev–Trinajstić information content (AvgIpc) is 2.47. The van der Waals surface area contributed by atoms with Gasteiger partial charge in [0, 0.05) is 0 Å². The van der Waals surface area contributed by atoms with Crippen LogP contribution in [0.5, 0.6) is 0 Å². The predicted molar refractivity (Wildman–Crippen MR) is 43.6 cm³/mol. The normalized spacial score (nSPS) is 11.2. The van der Waals surface area contributed by atoms with Gasteiger partial charge in [0.05, 0.1) is 0 Å². The molecule has 0 saturated heterocycles. The third-order valence-corrected chi connectivity index (χ3v) is 1.68. The molecule has 2 N–H and O–H groups in total. The van der Waals surface area contributed by atoms with Gasteiger partial charge in [0.1, 0.15) is 7.11 Å². The molecule has 0 aliphatic rings. The lowest BCUT2D eigenvalue weighted by molar-refractivity contribution is 0.214. The van der Waals surface area contributed by atoms with Crippen LogP contribution in [0.3, 0.4) is 0 Å². The van der Waals surface area contributed by atoms with Crippen LogP contribution in [-0.2, 0) is 9.63 Å². The van der Waals surface area contributed by atoms with Crippen molar-refractivity contribution in [3.63, 3.8) is 0 Å². The maximum Gasteiger partial charge on any atom is 0.260 e. The molecule has 1 aromatic heterocycles. The summed E-state index contributed by atoms with van der Waals surface area (Å²) in [5, 5.41) is 11.0. The quantitative estimate of drug-likeness (QED) is 0.510. The number of oxime groups is 1. The molecule has 0 fully saturated rings. The van der Waals surface area contributed by atoms with E-state index in [1.165, 1.54) is 7.11 Å². The summed E-state index contributed by atoms with van der Waals surface area (Å²) in [6.07, 6.45) is 1.56. The van der Waals surface area contributed by atoms with Gasteiger partial charge in [-0.2, -0.15) is 0 Å². The van der Waals surface area contributed by atoms with E-state index in [4.69, 9.17) is 5.73 Å². The number of rotatable bonds is 3. The highest BCUT2D eigenvalue weighted by Gasteiger charge is 2.09. The fourth-order valence-corrected chi connectivity index (χ4v) is 1.06. The van der Waals surface area contributed by atoms with E-state index < -0.39 is 0 Å². The van der Waals surface area contributed by atoms with Crippen LogP contribution in [0.25, 0.3) is 0 Å². The molecule has 0 aromatic carbocycles. The molecule has 1 aromatic rings. The van der Waals surface area contributed by atoms with E-state index in [1.54, 1.807) is 6.29 Å².